The first-order valence-corrected chi connectivity index (χ1v) is 17.6. The van der Waals surface area contributed by atoms with Crippen LogP contribution >= 0.6 is 0 Å². The highest BCUT2D eigenvalue weighted by Gasteiger charge is 2.43. The fourth-order valence-electron chi connectivity index (χ4n) is 7.47. The number of rotatable bonds is 11. The molecule has 0 radical (unpaired) electrons. The average Bonchev–Trinajstić information content (AvgIpc) is 3.11. The number of carbonyl (C=O) groups is 2. The summed E-state index contributed by atoms with van der Waals surface area (Å²) < 4.78 is 65.1. The Morgan fingerprint density at radius 3 is 2.06 bits per heavy atom. The molecule has 268 valence electrons. The van der Waals surface area contributed by atoms with E-state index in [1.54, 1.807) is 25.7 Å². The SMILES string of the molecule is CCN(C(=O)c1cc2c(cc1F)OC(C)(C)C(=O)N2CCN(Cc1ccccc1)Cc1ccccc1)[C@H]1CCCC[C@@H]1c1cc(F)c(F)cc1F. The number of benzene rings is 4. The maximum Gasteiger partial charge on any atom is 0.270 e. The van der Waals surface area contributed by atoms with Crippen molar-refractivity contribution in [2.24, 2.45) is 0 Å². The molecule has 0 unspecified atom stereocenters. The Kier molecular flexibility index (Phi) is 10.8. The number of halogens is 4. The van der Waals surface area contributed by atoms with Gasteiger partial charge in [0.05, 0.1) is 11.3 Å². The number of anilines is 1. The minimum Gasteiger partial charge on any atom is -0.476 e. The molecule has 2 amide bonds. The molecule has 0 N–H and O–H groups in total. The minimum absolute atomic E-state index is 0.00118. The molecule has 1 aliphatic carbocycles. The molecule has 1 saturated carbocycles. The van der Waals surface area contributed by atoms with Gasteiger partial charge in [0.25, 0.3) is 11.8 Å². The van der Waals surface area contributed by atoms with Crippen LogP contribution in [0.2, 0.25) is 0 Å². The van der Waals surface area contributed by atoms with Crippen LogP contribution in [0.5, 0.6) is 5.75 Å². The highest BCUT2D eigenvalue weighted by molar-refractivity contribution is 6.04. The molecule has 4 aromatic rings. The lowest BCUT2D eigenvalue weighted by atomic mass is 9.78. The molecule has 0 saturated heterocycles. The molecule has 10 heteroatoms. The summed E-state index contributed by atoms with van der Waals surface area (Å²) in [5.74, 6) is -5.56. The van der Waals surface area contributed by atoms with Crippen molar-refractivity contribution in [1.29, 1.82) is 0 Å². The normalized spacial score (nSPS) is 18.4. The molecule has 2 atom stereocenters. The Morgan fingerprint density at radius 2 is 1.43 bits per heavy atom. The first-order valence-electron chi connectivity index (χ1n) is 17.6. The Morgan fingerprint density at radius 1 is 0.824 bits per heavy atom. The second-order valence-electron chi connectivity index (χ2n) is 13.9. The van der Waals surface area contributed by atoms with E-state index in [1.807, 2.05) is 60.7 Å². The van der Waals surface area contributed by atoms with E-state index < -0.39 is 46.7 Å². The molecule has 2 aliphatic rings. The number of nitrogens with zero attached hydrogens (tertiary/aromatic N) is 3. The number of hydrogen-bond donors (Lipinski definition) is 0. The number of ether oxygens (including phenoxy) is 1. The predicted octanol–water partition coefficient (Wildman–Crippen LogP) is 8.64. The molecule has 6 nitrogen and oxygen atoms in total. The number of amides is 2. The van der Waals surface area contributed by atoms with Crippen molar-refractivity contribution < 1.29 is 31.9 Å². The van der Waals surface area contributed by atoms with Crippen LogP contribution in [0.15, 0.2) is 84.9 Å². The van der Waals surface area contributed by atoms with Crippen LogP contribution in [0.1, 0.15) is 79.4 Å². The Bertz CT molecular complexity index is 1830. The van der Waals surface area contributed by atoms with Gasteiger partial charge in [0.15, 0.2) is 17.2 Å². The van der Waals surface area contributed by atoms with E-state index in [1.165, 1.54) is 11.0 Å². The van der Waals surface area contributed by atoms with Crippen LogP contribution in [0.4, 0.5) is 23.2 Å². The lowest BCUT2D eigenvalue weighted by Crippen LogP contribution is -2.54. The monoisotopic (exact) mass is 701 g/mol. The van der Waals surface area contributed by atoms with Gasteiger partial charge in [-0.25, -0.2) is 17.6 Å². The van der Waals surface area contributed by atoms with Crippen LogP contribution in [0.25, 0.3) is 0 Å². The topological polar surface area (TPSA) is 53.1 Å². The molecule has 1 heterocycles. The van der Waals surface area contributed by atoms with Crippen LogP contribution in [-0.4, -0.2) is 52.9 Å². The summed E-state index contributed by atoms with van der Waals surface area (Å²) in [5.41, 5.74) is 0.971. The molecule has 0 bridgehead atoms. The minimum atomic E-state index is -1.28. The molecular weight excluding hydrogens is 658 g/mol. The van der Waals surface area contributed by atoms with Gasteiger partial charge in [-0.1, -0.05) is 73.5 Å². The van der Waals surface area contributed by atoms with Crippen molar-refractivity contribution in [3.8, 4) is 5.75 Å². The van der Waals surface area contributed by atoms with E-state index in [4.69, 9.17) is 4.74 Å². The zero-order valence-electron chi connectivity index (χ0n) is 29.2. The first-order chi connectivity index (χ1) is 24.5. The zero-order valence-corrected chi connectivity index (χ0v) is 29.2. The van der Waals surface area contributed by atoms with Gasteiger partial charge >= 0.3 is 0 Å². The molecule has 1 aliphatic heterocycles. The van der Waals surface area contributed by atoms with Crippen molar-refractivity contribution in [3.63, 3.8) is 0 Å². The summed E-state index contributed by atoms with van der Waals surface area (Å²) in [6.45, 7) is 7.15. The zero-order chi connectivity index (χ0) is 36.3. The van der Waals surface area contributed by atoms with Crippen LogP contribution in [0, 0.1) is 23.3 Å². The van der Waals surface area contributed by atoms with Gasteiger partial charge in [-0.15, -0.1) is 0 Å². The van der Waals surface area contributed by atoms with Gasteiger partial charge in [-0.05, 0) is 62.4 Å². The van der Waals surface area contributed by atoms with E-state index in [2.05, 4.69) is 4.90 Å². The van der Waals surface area contributed by atoms with E-state index in [9.17, 15) is 18.4 Å². The largest absolute Gasteiger partial charge is 0.476 e. The van der Waals surface area contributed by atoms with Crippen molar-refractivity contribution in [1.82, 2.24) is 9.80 Å². The van der Waals surface area contributed by atoms with E-state index in [0.717, 1.165) is 29.7 Å². The highest BCUT2D eigenvalue weighted by atomic mass is 19.2. The number of carbonyl (C=O) groups excluding carboxylic acids is 2. The fourth-order valence-corrected chi connectivity index (χ4v) is 7.47. The van der Waals surface area contributed by atoms with Gasteiger partial charge < -0.3 is 14.5 Å². The molecule has 6 rings (SSSR count). The maximum absolute atomic E-state index is 16.0. The van der Waals surface area contributed by atoms with Gasteiger partial charge in [0.1, 0.15) is 17.4 Å². The van der Waals surface area contributed by atoms with Crippen LogP contribution in [0.3, 0.4) is 0 Å². The number of hydrogen-bond acceptors (Lipinski definition) is 4. The average molecular weight is 702 g/mol. The summed E-state index contributed by atoms with van der Waals surface area (Å²) >= 11 is 0. The molecule has 0 aromatic heterocycles. The quantitative estimate of drug-likeness (QED) is 0.116. The van der Waals surface area contributed by atoms with Gasteiger partial charge in [-0.2, -0.15) is 0 Å². The van der Waals surface area contributed by atoms with Gasteiger partial charge in [-0.3, -0.25) is 14.5 Å². The molecular formula is C41H43F4N3O3. The fraction of sp³-hybridized carbons (Fsp3) is 0.366. The van der Waals surface area contributed by atoms with Crippen molar-refractivity contribution >= 4 is 17.5 Å². The van der Waals surface area contributed by atoms with E-state index >= 15 is 8.78 Å². The Labute approximate surface area is 296 Å². The van der Waals surface area contributed by atoms with E-state index in [-0.39, 0.29) is 41.6 Å². The lowest BCUT2D eigenvalue weighted by molar-refractivity contribution is -0.132. The first kappa shape index (κ1) is 36.1. The number of fused-ring (bicyclic) bond motifs is 1. The van der Waals surface area contributed by atoms with Gasteiger partial charge in [0.2, 0.25) is 0 Å². The third kappa shape index (κ3) is 7.81. The standard InChI is InChI=1S/C41H43F4N3O3/c1-4-47(36-18-12-11-17-29(36)30-21-34(44)35(45)23-32(30)42)39(49)31-22-37-38(24-33(31)43)51-41(2,3)40(50)48(37)20-19-46(25-27-13-7-5-8-14-27)26-28-15-9-6-10-16-28/h5-10,13-16,21-24,29,36H,4,11-12,17-20,25-26H2,1-3H3/t29-,36+/m1/s1. The summed E-state index contributed by atoms with van der Waals surface area (Å²) in [5, 5.41) is 0. The van der Waals surface area contributed by atoms with Crippen molar-refractivity contribution in [2.75, 3.05) is 24.5 Å². The predicted molar refractivity (Wildman–Crippen MR) is 188 cm³/mol. The summed E-state index contributed by atoms with van der Waals surface area (Å²) in [6.07, 6.45) is 2.39. The Balaban J connectivity index is 1.31. The summed E-state index contributed by atoms with van der Waals surface area (Å²) in [7, 11) is 0. The van der Waals surface area contributed by atoms with Crippen LogP contribution < -0.4 is 9.64 Å². The Hall–Kier alpha value is -4.70. The third-order valence-electron chi connectivity index (χ3n) is 10.0. The second-order valence-corrected chi connectivity index (χ2v) is 13.9. The lowest BCUT2D eigenvalue weighted by Gasteiger charge is -2.41. The molecule has 0 spiro atoms. The smallest absolute Gasteiger partial charge is 0.270 e. The summed E-state index contributed by atoms with van der Waals surface area (Å²) in [6, 6.07) is 23.4. The number of likely N-dealkylation sites (N-methyl/N-ethyl adjacent to an activating group) is 1. The second kappa shape index (κ2) is 15.3. The molecule has 1 fully saturated rings. The van der Waals surface area contributed by atoms with Crippen LogP contribution in [-0.2, 0) is 17.9 Å². The summed E-state index contributed by atoms with van der Waals surface area (Å²) in [4.78, 5) is 33.5. The highest BCUT2D eigenvalue weighted by Crippen LogP contribution is 2.42. The van der Waals surface area contributed by atoms with E-state index in [0.29, 0.717) is 45.0 Å². The maximum atomic E-state index is 16.0. The van der Waals surface area contributed by atoms with Crippen molar-refractivity contribution in [3.05, 3.63) is 130 Å². The molecule has 51 heavy (non-hydrogen) atoms. The van der Waals surface area contributed by atoms with Crippen molar-refractivity contribution in [2.45, 2.75) is 77.1 Å². The molecule has 4 aromatic carbocycles. The van der Waals surface area contributed by atoms with Gasteiger partial charge in [0, 0.05) is 56.8 Å². The third-order valence-corrected chi connectivity index (χ3v) is 10.0.